The number of halogens is 4. The minimum absolute atomic E-state index is 0.00232. The molecule has 1 aliphatic heterocycles. The molecule has 0 radical (unpaired) electrons. The van der Waals surface area contributed by atoms with E-state index in [0.717, 1.165) is 12.8 Å². The summed E-state index contributed by atoms with van der Waals surface area (Å²) in [6.07, 6.45) is 5.01. The lowest BCUT2D eigenvalue weighted by Gasteiger charge is -2.28. The molecule has 0 bridgehead atoms. The predicted molar refractivity (Wildman–Crippen MR) is 129 cm³/mol. The van der Waals surface area contributed by atoms with Crippen LogP contribution in [0.2, 0.25) is 0 Å². The van der Waals surface area contributed by atoms with E-state index in [1.165, 1.54) is 12.1 Å². The highest BCUT2D eigenvalue weighted by Crippen LogP contribution is 2.34. The Bertz CT molecular complexity index is 1200. The SMILES string of the molecule is C/C=C/C1COC(c2ccc(-c3ccc(-c4ccc(CCCC)c(F)c4F)cc3)c(F)c2F)OC1. The van der Waals surface area contributed by atoms with Crippen LogP contribution in [0, 0.1) is 29.2 Å². The smallest absolute Gasteiger partial charge is 0.186 e. The number of ether oxygens (including phenoxy) is 2. The highest BCUT2D eigenvalue weighted by atomic mass is 19.2. The first kappa shape index (κ1) is 25.1. The summed E-state index contributed by atoms with van der Waals surface area (Å²) < 4.78 is 70.2. The van der Waals surface area contributed by atoms with E-state index in [-0.39, 0.29) is 22.6 Å². The molecule has 0 aliphatic carbocycles. The number of hydrogen-bond acceptors (Lipinski definition) is 2. The van der Waals surface area contributed by atoms with E-state index >= 15 is 0 Å². The van der Waals surface area contributed by atoms with Gasteiger partial charge < -0.3 is 9.47 Å². The second-order valence-electron chi connectivity index (χ2n) is 8.70. The van der Waals surface area contributed by atoms with Gasteiger partial charge in [-0.25, -0.2) is 17.6 Å². The third-order valence-corrected chi connectivity index (χ3v) is 6.22. The van der Waals surface area contributed by atoms with Crippen LogP contribution in [0.15, 0.2) is 60.7 Å². The Hall–Kier alpha value is -2.96. The minimum atomic E-state index is -1.03. The first-order chi connectivity index (χ1) is 16.9. The van der Waals surface area contributed by atoms with Crippen molar-refractivity contribution in [2.75, 3.05) is 13.2 Å². The van der Waals surface area contributed by atoms with Gasteiger partial charge in [0.1, 0.15) is 0 Å². The minimum Gasteiger partial charge on any atom is -0.348 e. The van der Waals surface area contributed by atoms with Gasteiger partial charge in [-0.1, -0.05) is 74.0 Å². The molecule has 3 aromatic carbocycles. The monoisotopic (exact) mass is 484 g/mol. The van der Waals surface area contributed by atoms with Crippen molar-refractivity contribution in [3.05, 3.63) is 95.1 Å². The van der Waals surface area contributed by atoms with Crippen LogP contribution in [-0.4, -0.2) is 13.2 Å². The summed E-state index contributed by atoms with van der Waals surface area (Å²) >= 11 is 0. The summed E-state index contributed by atoms with van der Waals surface area (Å²) in [7, 11) is 0. The average molecular weight is 485 g/mol. The number of benzene rings is 3. The van der Waals surface area contributed by atoms with Gasteiger partial charge in [0.15, 0.2) is 29.6 Å². The lowest BCUT2D eigenvalue weighted by Crippen LogP contribution is -2.26. The molecule has 6 heteroatoms. The molecule has 35 heavy (non-hydrogen) atoms. The van der Waals surface area contributed by atoms with Crippen molar-refractivity contribution < 1.29 is 27.0 Å². The van der Waals surface area contributed by atoms with Gasteiger partial charge in [-0.05, 0) is 36.5 Å². The van der Waals surface area contributed by atoms with Gasteiger partial charge in [-0.15, -0.1) is 0 Å². The molecule has 0 N–H and O–H groups in total. The van der Waals surface area contributed by atoms with Crippen LogP contribution < -0.4 is 0 Å². The zero-order valence-electron chi connectivity index (χ0n) is 19.8. The van der Waals surface area contributed by atoms with Crippen LogP contribution in [0.25, 0.3) is 22.3 Å². The first-order valence-electron chi connectivity index (χ1n) is 11.9. The maximum Gasteiger partial charge on any atom is 0.186 e. The molecule has 0 atom stereocenters. The molecule has 184 valence electrons. The maximum atomic E-state index is 15.0. The highest BCUT2D eigenvalue weighted by Gasteiger charge is 2.27. The Balaban J connectivity index is 1.55. The maximum absolute atomic E-state index is 15.0. The van der Waals surface area contributed by atoms with Crippen molar-refractivity contribution in [2.24, 2.45) is 5.92 Å². The average Bonchev–Trinajstić information content (AvgIpc) is 2.88. The predicted octanol–water partition coefficient (Wildman–Crippen LogP) is 8.16. The van der Waals surface area contributed by atoms with Gasteiger partial charge in [0.2, 0.25) is 0 Å². The van der Waals surface area contributed by atoms with Crippen LogP contribution >= 0.6 is 0 Å². The number of rotatable bonds is 7. The van der Waals surface area contributed by atoms with Gasteiger partial charge >= 0.3 is 0 Å². The Morgan fingerprint density at radius 3 is 1.91 bits per heavy atom. The first-order valence-corrected chi connectivity index (χ1v) is 11.9. The molecule has 0 amide bonds. The van der Waals surface area contributed by atoms with Crippen molar-refractivity contribution in [2.45, 2.75) is 39.4 Å². The fraction of sp³-hybridized carbons (Fsp3) is 0.310. The molecule has 2 nitrogen and oxygen atoms in total. The quantitative estimate of drug-likeness (QED) is 0.249. The van der Waals surface area contributed by atoms with Gasteiger partial charge in [0, 0.05) is 22.6 Å². The third-order valence-electron chi connectivity index (χ3n) is 6.22. The van der Waals surface area contributed by atoms with Crippen molar-refractivity contribution in [1.82, 2.24) is 0 Å². The molecular weight excluding hydrogens is 456 g/mol. The molecule has 1 saturated heterocycles. The van der Waals surface area contributed by atoms with Gasteiger partial charge in [0.05, 0.1) is 13.2 Å². The summed E-state index contributed by atoms with van der Waals surface area (Å²) in [5.74, 6) is -3.72. The second-order valence-corrected chi connectivity index (χ2v) is 8.70. The summed E-state index contributed by atoms with van der Waals surface area (Å²) in [6.45, 7) is 4.60. The molecule has 1 heterocycles. The fourth-order valence-electron chi connectivity index (χ4n) is 4.25. The van der Waals surface area contributed by atoms with E-state index in [1.54, 1.807) is 36.4 Å². The van der Waals surface area contributed by atoms with Crippen LogP contribution in [0.4, 0.5) is 17.6 Å². The van der Waals surface area contributed by atoms with E-state index in [9.17, 15) is 17.6 Å². The van der Waals surface area contributed by atoms with Gasteiger partial charge in [-0.2, -0.15) is 0 Å². The van der Waals surface area contributed by atoms with Gasteiger partial charge in [0.25, 0.3) is 0 Å². The largest absolute Gasteiger partial charge is 0.348 e. The van der Waals surface area contributed by atoms with Crippen molar-refractivity contribution in [3.63, 3.8) is 0 Å². The van der Waals surface area contributed by atoms with E-state index in [1.807, 2.05) is 26.0 Å². The van der Waals surface area contributed by atoms with Crippen LogP contribution in [-0.2, 0) is 15.9 Å². The Morgan fingerprint density at radius 1 is 0.771 bits per heavy atom. The Labute approximate surface area is 203 Å². The summed E-state index contributed by atoms with van der Waals surface area (Å²) in [5.41, 5.74) is 1.40. The molecular formula is C29H28F4O2. The van der Waals surface area contributed by atoms with E-state index < -0.39 is 29.6 Å². The number of allylic oxidation sites excluding steroid dienone is 1. The zero-order valence-corrected chi connectivity index (χ0v) is 19.8. The lowest BCUT2D eigenvalue weighted by atomic mass is 9.97. The van der Waals surface area contributed by atoms with Crippen molar-refractivity contribution in [3.8, 4) is 22.3 Å². The third kappa shape index (κ3) is 5.34. The molecule has 0 unspecified atom stereocenters. The van der Waals surface area contributed by atoms with Crippen LogP contribution in [0.5, 0.6) is 0 Å². The number of aryl methyl sites for hydroxylation is 1. The summed E-state index contributed by atoms with van der Waals surface area (Å²) in [5, 5.41) is 0. The normalized spacial score (nSPS) is 18.3. The number of hydrogen-bond donors (Lipinski definition) is 0. The lowest BCUT2D eigenvalue weighted by molar-refractivity contribution is -0.199. The number of unbranched alkanes of at least 4 members (excludes halogenated alkanes) is 1. The molecule has 1 aliphatic rings. The van der Waals surface area contributed by atoms with Crippen molar-refractivity contribution >= 4 is 0 Å². The fourth-order valence-corrected chi connectivity index (χ4v) is 4.25. The standard InChI is InChI=1S/C29H28F4O2/c1-3-5-7-21-12-13-22(26(31)25(21)30)19-8-10-20(11-9-19)23-14-15-24(28(33)27(23)32)29-34-16-18(6-4-2)17-35-29/h4,6,8-15,18,29H,3,5,7,16-17H2,1-2H3/b6-4+. The molecule has 1 fully saturated rings. The van der Waals surface area contributed by atoms with Crippen molar-refractivity contribution in [1.29, 1.82) is 0 Å². The zero-order chi connectivity index (χ0) is 24.9. The van der Waals surface area contributed by atoms with Crippen LogP contribution in [0.3, 0.4) is 0 Å². The molecule has 0 spiro atoms. The molecule has 0 aromatic heterocycles. The topological polar surface area (TPSA) is 18.5 Å². The Kier molecular flexibility index (Phi) is 8.04. The Morgan fingerprint density at radius 2 is 1.34 bits per heavy atom. The second kappa shape index (κ2) is 11.2. The summed E-state index contributed by atoms with van der Waals surface area (Å²) in [4.78, 5) is 0. The highest BCUT2D eigenvalue weighted by molar-refractivity contribution is 5.71. The molecule has 0 saturated carbocycles. The van der Waals surface area contributed by atoms with E-state index in [0.29, 0.717) is 36.3 Å². The van der Waals surface area contributed by atoms with Gasteiger partial charge in [-0.3, -0.25) is 0 Å². The van der Waals surface area contributed by atoms with E-state index in [4.69, 9.17) is 9.47 Å². The summed E-state index contributed by atoms with van der Waals surface area (Å²) in [6, 6.07) is 12.3. The van der Waals surface area contributed by atoms with Crippen LogP contribution in [0.1, 0.15) is 44.1 Å². The molecule has 4 rings (SSSR count). The van der Waals surface area contributed by atoms with E-state index in [2.05, 4.69) is 0 Å². The molecule has 3 aromatic rings.